The fraction of sp³-hybridized carbons (Fsp3) is 0.167. The third kappa shape index (κ3) is 2.07. The molecule has 0 saturated heterocycles. The maximum Gasteiger partial charge on any atom is 0.271 e. The maximum atomic E-state index is 11.7. The summed E-state index contributed by atoms with van der Waals surface area (Å²) in [6.07, 6.45) is 0. The lowest BCUT2D eigenvalue weighted by molar-refractivity contribution is 0.0822. The minimum atomic E-state index is -0.0789. The molecule has 0 saturated carbocycles. The van der Waals surface area contributed by atoms with E-state index in [1.807, 2.05) is 24.3 Å². The van der Waals surface area contributed by atoms with Crippen molar-refractivity contribution in [1.82, 2.24) is 9.88 Å². The van der Waals surface area contributed by atoms with Gasteiger partial charge in [-0.15, -0.1) is 0 Å². The third-order valence-corrected chi connectivity index (χ3v) is 2.77. The molecule has 1 amide bonds. The molecule has 16 heavy (non-hydrogen) atoms. The van der Waals surface area contributed by atoms with Crippen LogP contribution < -0.4 is 0 Å². The Morgan fingerprint density at radius 1 is 1.25 bits per heavy atom. The standard InChI is InChI=1S/C12H11BrN2O/c1-15(2)12(16)11-5-3-8-7-9(13)4-6-10(8)14-11/h3-7H,1-2H3. The number of amides is 1. The highest BCUT2D eigenvalue weighted by Crippen LogP contribution is 2.18. The van der Waals surface area contributed by atoms with Gasteiger partial charge in [0, 0.05) is 24.0 Å². The van der Waals surface area contributed by atoms with Crippen LogP contribution in [0.2, 0.25) is 0 Å². The van der Waals surface area contributed by atoms with Crippen LogP contribution in [0.15, 0.2) is 34.8 Å². The highest BCUT2D eigenvalue weighted by atomic mass is 79.9. The topological polar surface area (TPSA) is 33.2 Å². The minimum absolute atomic E-state index is 0.0789. The van der Waals surface area contributed by atoms with Crippen molar-refractivity contribution in [3.8, 4) is 0 Å². The third-order valence-electron chi connectivity index (χ3n) is 2.28. The second-order valence-electron chi connectivity index (χ2n) is 3.73. The number of benzene rings is 1. The number of rotatable bonds is 1. The lowest BCUT2D eigenvalue weighted by atomic mass is 10.2. The van der Waals surface area contributed by atoms with Gasteiger partial charge in [0.25, 0.3) is 5.91 Å². The predicted octanol–water partition coefficient (Wildman–Crippen LogP) is 2.70. The van der Waals surface area contributed by atoms with Gasteiger partial charge in [-0.05, 0) is 24.3 Å². The Hall–Kier alpha value is -1.42. The van der Waals surface area contributed by atoms with Gasteiger partial charge >= 0.3 is 0 Å². The smallest absolute Gasteiger partial charge is 0.271 e. The molecule has 0 radical (unpaired) electrons. The fourth-order valence-electron chi connectivity index (χ4n) is 1.44. The predicted molar refractivity (Wildman–Crippen MR) is 67.5 cm³/mol. The zero-order valence-electron chi connectivity index (χ0n) is 9.07. The van der Waals surface area contributed by atoms with E-state index in [0.29, 0.717) is 5.69 Å². The van der Waals surface area contributed by atoms with E-state index in [0.717, 1.165) is 15.4 Å². The quantitative estimate of drug-likeness (QED) is 0.804. The molecule has 1 aromatic heterocycles. The van der Waals surface area contributed by atoms with E-state index in [9.17, 15) is 4.79 Å². The van der Waals surface area contributed by atoms with Crippen LogP contribution in [0.25, 0.3) is 10.9 Å². The summed E-state index contributed by atoms with van der Waals surface area (Å²) in [5, 5.41) is 1.02. The molecule has 0 bridgehead atoms. The molecule has 0 fully saturated rings. The number of aromatic nitrogens is 1. The normalized spacial score (nSPS) is 10.4. The summed E-state index contributed by atoms with van der Waals surface area (Å²) in [6, 6.07) is 9.44. The fourth-order valence-corrected chi connectivity index (χ4v) is 1.82. The number of hydrogen-bond acceptors (Lipinski definition) is 2. The zero-order valence-corrected chi connectivity index (χ0v) is 10.7. The van der Waals surface area contributed by atoms with Gasteiger partial charge in [-0.3, -0.25) is 4.79 Å². The van der Waals surface area contributed by atoms with Crippen molar-refractivity contribution < 1.29 is 4.79 Å². The number of halogens is 1. The molecule has 0 unspecified atom stereocenters. The molecule has 4 heteroatoms. The highest BCUT2D eigenvalue weighted by Gasteiger charge is 2.09. The van der Waals surface area contributed by atoms with Crippen LogP contribution in [0.1, 0.15) is 10.5 Å². The van der Waals surface area contributed by atoms with Crippen molar-refractivity contribution in [3.63, 3.8) is 0 Å². The second-order valence-corrected chi connectivity index (χ2v) is 4.65. The van der Waals surface area contributed by atoms with E-state index >= 15 is 0 Å². The molecule has 0 aliphatic carbocycles. The number of hydrogen-bond donors (Lipinski definition) is 0. The minimum Gasteiger partial charge on any atom is -0.343 e. The van der Waals surface area contributed by atoms with E-state index in [-0.39, 0.29) is 5.91 Å². The van der Waals surface area contributed by atoms with Crippen LogP contribution >= 0.6 is 15.9 Å². The first-order valence-corrected chi connectivity index (χ1v) is 5.65. The Labute approximate surface area is 102 Å². The Morgan fingerprint density at radius 2 is 2.00 bits per heavy atom. The molecule has 0 atom stereocenters. The lowest BCUT2D eigenvalue weighted by Gasteiger charge is -2.09. The number of carbonyl (C=O) groups is 1. The van der Waals surface area contributed by atoms with Gasteiger partial charge in [0.1, 0.15) is 5.69 Å². The summed E-state index contributed by atoms with van der Waals surface area (Å²) in [7, 11) is 3.44. The van der Waals surface area contributed by atoms with Crippen LogP contribution in [0, 0.1) is 0 Å². The van der Waals surface area contributed by atoms with Gasteiger partial charge < -0.3 is 4.90 Å². The zero-order chi connectivity index (χ0) is 11.7. The average Bonchev–Trinajstić information content (AvgIpc) is 2.27. The van der Waals surface area contributed by atoms with Crippen molar-refractivity contribution in [3.05, 3.63) is 40.5 Å². The molecule has 1 aromatic carbocycles. The van der Waals surface area contributed by atoms with Crippen molar-refractivity contribution in [2.24, 2.45) is 0 Å². The van der Waals surface area contributed by atoms with Gasteiger partial charge in [-0.1, -0.05) is 22.0 Å². The average molecular weight is 279 g/mol. The van der Waals surface area contributed by atoms with Gasteiger partial charge in [-0.25, -0.2) is 4.98 Å². The van der Waals surface area contributed by atoms with Gasteiger partial charge in [0.05, 0.1) is 5.52 Å². The molecular formula is C12H11BrN2O. The first-order chi connectivity index (χ1) is 7.58. The summed E-state index contributed by atoms with van der Waals surface area (Å²) in [4.78, 5) is 17.6. The van der Waals surface area contributed by atoms with Gasteiger partial charge in [-0.2, -0.15) is 0 Å². The summed E-state index contributed by atoms with van der Waals surface area (Å²) < 4.78 is 1.01. The van der Waals surface area contributed by atoms with Crippen LogP contribution in [0.5, 0.6) is 0 Å². The number of carbonyl (C=O) groups excluding carboxylic acids is 1. The number of nitrogens with zero attached hydrogens (tertiary/aromatic N) is 2. The van der Waals surface area contributed by atoms with Crippen LogP contribution in [0.3, 0.4) is 0 Å². The van der Waals surface area contributed by atoms with Crippen LogP contribution in [-0.4, -0.2) is 29.9 Å². The number of fused-ring (bicyclic) bond motifs is 1. The van der Waals surface area contributed by atoms with E-state index in [1.165, 1.54) is 4.90 Å². The molecule has 0 aliphatic heterocycles. The van der Waals surface area contributed by atoms with E-state index < -0.39 is 0 Å². The SMILES string of the molecule is CN(C)C(=O)c1ccc2cc(Br)ccc2n1. The van der Waals surface area contributed by atoms with E-state index in [4.69, 9.17) is 0 Å². The lowest BCUT2D eigenvalue weighted by Crippen LogP contribution is -2.22. The Bertz CT molecular complexity index is 552. The molecule has 0 spiro atoms. The molecular weight excluding hydrogens is 268 g/mol. The first-order valence-electron chi connectivity index (χ1n) is 4.86. The molecule has 2 aromatic rings. The second kappa shape index (κ2) is 4.22. The summed E-state index contributed by atoms with van der Waals surface area (Å²) in [6.45, 7) is 0. The largest absolute Gasteiger partial charge is 0.343 e. The summed E-state index contributed by atoms with van der Waals surface area (Å²) >= 11 is 3.40. The molecule has 1 heterocycles. The molecule has 0 N–H and O–H groups in total. The summed E-state index contributed by atoms with van der Waals surface area (Å²) in [5.74, 6) is -0.0789. The molecule has 3 nitrogen and oxygen atoms in total. The van der Waals surface area contributed by atoms with E-state index in [1.54, 1.807) is 20.2 Å². The van der Waals surface area contributed by atoms with Crippen molar-refractivity contribution >= 4 is 32.7 Å². The molecule has 0 aliphatic rings. The van der Waals surface area contributed by atoms with Crippen molar-refractivity contribution in [2.45, 2.75) is 0 Å². The summed E-state index contributed by atoms with van der Waals surface area (Å²) in [5.41, 5.74) is 1.30. The Balaban J connectivity index is 2.52. The monoisotopic (exact) mass is 278 g/mol. The Morgan fingerprint density at radius 3 is 2.69 bits per heavy atom. The van der Waals surface area contributed by atoms with Crippen LogP contribution in [-0.2, 0) is 0 Å². The van der Waals surface area contributed by atoms with Gasteiger partial charge in [0.2, 0.25) is 0 Å². The van der Waals surface area contributed by atoms with Crippen molar-refractivity contribution in [1.29, 1.82) is 0 Å². The molecule has 82 valence electrons. The molecule has 2 rings (SSSR count). The number of pyridine rings is 1. The van der Waals surface area contributed by atoms with Gasteiger partial charge in [0.15, 0.2) is 0 Å². The van der Waals surface area contributed by atoms with Crippen molar-refractivity contribution in [2.75, 3.05) is 14.1 Å². The maximum absolute atomic E-state index is 11.7. The van der Waals surface area contributed by atoms with E-state index in [2.05, 4.69) is 20.9 Å². The van der Waals surface area contributed by atoms with Crippen LogP contribution in [0.4, 0.5) is 0 Å². The first kappa shape index (κ1) is 11.1. The Kier molecular flexibility index (Phi) is 2.92. The highest BCUT2D eigenvalue weighted by molar-refractivity contribution is 9.10.